The third kappa shape index (κ3) is 4.72. The van der Waals surface area contributed by atoms with Gasteiger partial charge in [0.05, 0.1) is 18.7 Å². The maximum Gasteiger partial charge on any atom is 0.194 e. The first-order valence-corrected chi connectivity index (χ1v) is 8.33. The molecule has 130 valence electrons. The van der Waals surface area contributed by atoms with E-state index < -0.39 is 0 Å². The van der Waals surface area contributed by atoms with Crippen LogP contribution in [0.15, 0.2) is 23.3 Å². The lowest BCUT2D eigenvalue weighted by Crippen LogP contribution is -2.44. The number of hydrogen-bond acceptors (Lipinski definition) is 3. The lowest BCUT2D eigenvalue weighted by molar-refractivity contribution is -0.0829. The van der Waals surface area contributed by atoms with Gasteiger partial charge in [-0.15, -0.1) is 0 Å². The number of rotatable bonds is 6. The van der Waals surface area contributed by atoms with Crippen LogP contribution in [-0.4, -0.2) is 61.5 Å². The molecule has 1 N–H and O–H groups in total. The van der Waals surface area contributed by atoms with E-state index in [1.165, 1.54) is 5.69 Å². The van der Waals surface area contributed by atoms with Crippen LogP contribution in [0.2, 0.25) is 0 Å². The monoisotopic (exact) mass is 322 g/mol. The zero-order valence-electron chi connectivity index (χ0n) is 14.8. The molecular formula is C17H30N4O2. The SMILES string of the molecule is CCNC(=NCC1(OC)CCOCC1)N(C)Cc1cccn1C. The minimum Gasteiger partial charge on any atom is -0.381 e. The average Bonchev–Trinajstić information content (AvgIpc) is 2.97. The maximum absolute atomic E-state index is 5.77. The Bertz CT molecular complexity index is 506. The molecule has 0 amide bonds. The van der Waals surface area contributed by atoms with Crippen molar-refractivity contribution in [3.8, 4) is 0 Å². The van der Waals surface area contributed by atoms with E-state index >= 15 is 0 Å². The maximum atomic E-state index is 5.77. The van der Waals surface area contributed by atoms with Gasteiger partial charge in [0.15, 0.2) is 5.96 Å². The summed E-state index contributed by atoms with van der Waals surface area (Å²) in [4.78, 5) is 6.99. The number of aromatic nitrogens is 1. The summed E-state index contributed by atoms with van der Waals surface area (Å²) in [7, 11) is 5.91. The second kappa shape index (κ2) is 8.36. The summed E-state index contributed by atoms with van der Waals surface area (Å²) in [6.45, 7) is 5.91. The number of guanidine groups is 1. The van der Waals surface area contributed by atoms with E-state index in [9.17, 15) is 0 Å². The summed E-state index contributed by atoms with van der Waals surface area (Å²) in [6.07, 6.45) is 3.86. The highest BCUT2D eigenvalue weighted by Gasteiger charge is 2.32. The number of nitrogens with zero attached hydrogens (tertiary/aromatic N) is 3. The molecular weight excluding hydrogens is 292 g/mol. The van der Waals surface area contributed by atoms with Gasteiger partial charge in [-0.25, -0.2) is 0 Å². The molecule has 0 aliphatic carbocycles. The minimum absolute atomic E-state index is 0.190. The highest BCUT2D eigenvalue weighted by molar-refractivity contribution is 5.79. The molecule has 1 aromatic rings. The Balaban J connectivity index is 2.05. The number of aryl methyl sites for hydroxylation is 1. The Morgan fingerprint density at radius 3 is 2.78 bits per heavy atom. The van der Waals surface area contributed by atoms with Crippen molar-refractivity contribution in [3.05, 3.63) is 24.0 Å². The van der Waals surface area contributed by atoms with Crippen LogP contribution in [0.5, 0.6) is 0 Å². The number of methoxy groups -OCH3 is 1. The van der Waals surface area contributed by atoms with Crippen molar-refractivity contribution in [3.63, 3.8) is 0 Å². The number of ether oxygens (including phenoxy) is 2. The van der Waals surface area contributed by atoms with Crippen LogP contribution in [0.25, 0.3) is 0 Å². The third-order valence-corrected chi connectivity index (χ3v) is 4.50. The van der Waals surface area contributed by atoms with Gasteiger partial charge in [0.25, 0.3) is 0 Å². The molecule has 23 heavy (non-hydrogen) atoms. The van der Waals surface area contributed by atoms with Gasteiger partial charge in [0.1, 0.15) is 0 Å². The van der Waals surface area contributed by atoms with Crippen LogP contribution < -0.4 is 5.32 Å². The van der Waals surface area contributed by atoms with Gasteiger partial charge in [0.2, 0.25) is 0 Å². The molecule has 1 aliphatic rings. The second-order valence-corrected chi connectivity index (χ2v) is 6.14. The van der Waals surface area contributed by atoms with Gasteiger partial charge >= 0.3 is 0 Å². The normalized spacial score (nSPS) is 18.0. The molecule has 1 saturated heterocycles. The minimum atomic E-state index is -0.190. The third-order valence-electron chi connectivity index (χ3n) is 4.50. The first-order chi connectivity index (χ1) is 11.1. The summed E-state index contributed by atoms with van der Waals surface area (Å²) >= 11 is 0. The standard InChI is InChI=1S/C17H30N4O2/c1-5-18-16(21(3)13-15-7-6-10-20(15)2)19-14-17(22-4)8-11-23-12-9-17/h6-7,10H,5,8-9,11-14H2,1-4H3,(H,18,19). The van der Waals surface area contributed by atoms with Gasteiger partial charge in [-0.1, -0.05) is 0 Å². The Labute approximate surface area is 139 Å². The lowest BCUT2D eigenvalue weighted by atomic mass is 9.94. The fraction of sp³-hybridized carbons (Fsp3) is 0.706. The van der Waals surface area contributed by atoms with Crippen molar-refractivity contribution in [2.45, 2.75) is 31.9 Å². The molecule has 1 aliphatic heterocycles. The summed E-state index contributed by atoms with van der Waals surface area (Å²) in [5.74, 6) is 0.914. The lowest BCUT2D eigenvalue weighted by Gasteiger charge is -2.35. The van der Waals surface area contributed by atoms with E-state index in [1.807, 2.05) is 0 Å². The van der Waals surface area contributed by atoms with Crippen molar-refractivity contribution in [1.29, 1.82) is 0 Å². The first kappa shape index (κ1) is 17.8. The van der Waals surface area contributed by atoms with E-state index in [4.69, 9.17) is 14.5 Å². The largest absolute Gasteiger partial charge is 0.381 e. The van der Waals surface area contributed by atoms with Gasteiger partial charge in [-0.05, 0) is 19.1 Å². The molecule has 1 aromatic heterocycles. The van der Waals surface area contributed by atoms with Gasteiger partial charge < -0.3 is 24.3 Å². The van der Waals surface area contributed by atoms with Crippen LogP contribution in [0.4, 0.5) is 0 Å². The highest BCUT2D eigenvalue weighted by Crippen LogP contribution is 2.24. The van der Waals surface area contributed by atoms with Crippen LogP contribution in [0, 0.1) is 0 Å². The van der Waals surface area contributed by atoms with Crippen molar-refractivity contribution in [1.82, 2.24) is 14.8 Å². The van der Waals surface area contributed by atoms with E-state index in [2.05, 4.69) is 54.1 Å². The molecule has 2 rings (SSSR count). The number of aliphatic imine (C=N–C) groups is 1. The van der Waals surface area contributed by atoms with Crippen molar-refractivity contribution < 1.29 is 9.47 Å². The molecule has 6 heteroatoms. The van der Waals surface area contributed by atoms with E-state index in [1.54, 1.807) is 7.11 Å². The molecule has 0 unspecified atom stereocenters. The molecule has 0 radical (unpaired) electrons. The zero-order chi connectivity index (χ0) is 16.7. The van der Waals surface area contributed by atoms with Crippen molar-refractivity contribution in [2.24, 2.45) is 12.0 Å². The fourth-order valence-corrected chi connectivity index (χ4v) is 2.84. The summed E-state index contributed by atoms with van der Waals surface area (Å²) in [6, 6.07) is 4.20. The van der Waals surface area contributed by atoms with E-state index in [0.717, 1.165) is 45.1 Å². The fourth-order valence-electron chi connectivity index (χ4n) is 2.84. The second-order valence-electron chi connectivity index (χ2n) is 6.14. The predicted octanol–water partition coefficient (Wildman–Crippen LogP) is 1.62. The Hall–Kier alpha value is -1.53. The summed E-state index contributed by atoms with van der Waals surface area (Å²) in [5, 5.41) is 3.38. The van der Waals surface area contributed by atoms with Crippen LogP contribution in [0.3, 0.4) is 0 Å². The summed E-state index contributed by atoms with van der Waals surface area (Å²) < 4.78 is 13.4. The number of nitrogens with one attached hydrogen (secondary N) is 1. The molecule has 0 atom stereocenters. The average molecular weight is 322 g/mol. The zero-order valence-corrected chi connectivity index (χ0v) is 14.8. The topological polar surface area (TPSA) is 51.0 Å². The molecule has 2 heterocycles. The van der Waals surface area contributed by atoms with Crippen LogP contribution in [0.1, 0.15) is 25.5 Å². The highest BCUT2D eigenvalue weighted by atomic mass is 16.5. The van der Waals surface area contributed by atoms with Crippen molar-refractivity contribution in [2.75, 3.05) is 40.5 Å². The molecule has 0 aromatic carbocycles. The first-order valence-electron chi connectivity index (χ1n) is 8.33. The van der Waals surface area contributed by atoms with E-state index in [0.29, 0.717) is 6.54 Å². The Kier molecular flexibility index (Phi) is 6.47. The Morgan fingerprint density at radius 1 is 1.48 bits per heavy atom. The molecule has 6 nitrogen and oxygen atoms in total. The predicted molar refractivity (Wildman–Crippen MR) is 92.7 cm³/mol. The summed E-state index contributed by atoms with van der Waals surface area (Å²) in [5.41, 5.74) is 1.07. The van der Waals surface area contributed by atoms with Crippen molar-refractivity contribution >= 4 is 5.96 Å². The smallest absolute Gasteiger partial charge is 0.194 e. The molecule has 0 bridgehead atoms. The van der Waals surface area contributed by atoms with E-state index in [-0.39, 0.29) is 5.60 Å². The molecule has 1 fully saturated rings. The van der Waals surface area contributed by atoms with Gasteiger partial charge in [-0.3, -0.25) is 4.99 Å². The molecule has 0 spiro atoms. The number of hydrogen-bond donors (Lipinski definition) is 1. The Morgan fingerprint density at radius 2 is 2.22 bits per heavy atom. The van der Waals surface area contributed by atoms with Crippen LogP contribution >= 0.6 is 0 Å². The van der Waals surface area contributed by atoms with Gasteiger partial charge in [0, 0.05) is 65.7 Å². The van der Waals surface area contributed by atoms with Crippen LogP contribution in [-0.2, 0) is 23.1 Å². The van der Waals surface area contributed by atoms with Gasteiger partial charge in [-0.2, -0.15) is 0 Å². The quantitative estimate of drug-likeness (QED) is 0.639. The molecule has 0 saturated carbocycles.